The monoisotopic (exact) mass is 479 g/mol. The molecule has 180 valence electrons. The van der Waals surface area contributed by atoms with Gasteiger partial charge in [-0.15, -0.1) is 11.3 Å². The fourth-order valence-corrected chi connectivity index (χ4v) is 4.06. The van der Waals surface area contributed by atoms with Gasteiger partial charge in [-0.1, -0.05) is 13.8 Å². The van der Waals surface area contributed by atoms with Crippen molar-refractivity contribution in [2.24, 2.45) is 5.92 Å². The van der Waals surface area contributed by atoms with Crippen LogP contribution in [0.1, 0.15) is 47.1 Å². The zero-order chi connectivity index (χ0) is 24.5. The van der Waals surface area contributed by atoms with Crippen LogP contribution in [0.25, 0.3) is 0 Å². The molecule has 0 aliphatic heterocycles. The summed E-state index contributed by atoms with van der Waals surface area (Å²) < 4.78 is 26.0. The Morgan fingerprint density at radius 2 is 1.61 bits per heavy atom. The summed E-state index contributed by atoms with van der Waals surface area (Å²) in [6.07, 6.45) is 0.663. The van der Waals surface area contributed by atoms with E-state index in [-0.39, 0.29) is 23.7 Å². The maximum Gasteiger partial charge on any atom is 0.341 e. The van der Waals surface area contributed by atoms with Crippen LogP contribution in [0, 0.1) is 5.92 Å². The van der Waals surface area contributed by atoms with Gasteiger partial charge in [-0.05, 0) is 42.3 Å². The molecule has 10 heteroatoms. The molecule has 1 amide bonds. The molecule has 1 N–H and O–H groups in total. The van der Waals surface area contributed by atoms with E-state index >= 15 is 0 Å². The molecule has 1 aromatic carbocycles. The van der Waals surface area contributed by atoms with Crippen molar-refractivity contribution in [2.75, 3.05) is 39.9 Å². The minimum absolute atomic E-state index is 0.125. The third-order valence-electron chi connectivity index (χ3n) is 4.46. The highest BCUT2D eigenvalue weighted by Gasteiger charge is 2.23. The summed E-state index contributed by atoms with van der Waals surface area (Å²) in [6.45, 7) is 5.46. The van der Waals surface area contributed by atoms with Crippen LogP contribution in [-0.4, -0.2) is 52.4 Å². The number of carbonyl (C=O) groups excluding carboxylic acids is 3. The van der Waals surface area contributed by atoms with Crippen molar-refractivity contribution in [2.45, 2.75) is 27.2 Å². The van der Waals surface area contributed by atoms with Crippen LogP contribution < -0.4 is 19.5 Å². The van der Waals surface area contributed by atoms with Crippen LogP contribution in [0.4, 0.5) is 5.00 Å². The van der Waals surface area contributed by atoms with Crippen LogP contribution in [0.2, 0.25) is 0 Å². The van der Waals surface area contributed by atoms with Crippen molar-refractivity contribution in [3.8, 4) is 17.2 Å². The fraction of sp³-hybridized carbons (Fsp3) is 0.435. The molecule has 2 rings (SSSR count). The Hall–Kier alpha value is -3.27. The van der Waals surface area contributed by atoms with Gasteiger partial charge in [-0.25, -0.2) is 9.59 Å². The Labute approximate surface area is 196 Å². The quantitative estimate of drug-likeness (QED) is 0.483. The number of rotatable bonds is 11. The lowest BCUT2D eigenvalue weighted by Crippen LogP contribution is -2.22. The van der Waals surface area contributed by atoms with Gasteiger partial charge in [0.15, 0.2) is 18.1 Å². The van der Waals surface area contributed by atoms with Crippen molar-refractivity contribution >= 4 is 34.2 Å². The Bertz CT molecular complexity index is 973. The predicted molar refractivity (Wildman–Crippen MR) is 124 cm³/mol. The molecule has 0 unspecified atom stereocenters. The van der Waals surface area contributed by atoms with Crippen molar-refractivity contribution < 1.29 is 38.1 Å². The first-order chi connectivity index (χ1) is 15.7. The zero-order valence-electron chi connectivity index (χ0n) is 19.6. The van der Waals surface area contributed by atoms with Crippen molar-refractivity contribution in [1.82, 2.24) is 0 Å². The number of esters is 2. The van der Waals surface area contributed by atoms with E-state index in [1.54, 1.807) is 6.92 Å². The molecule has 1 heterocycles. The second kappa shape index (κ2) is 12.1. The standard InChI is InChI=1S/C23H29NO8S/c1-7-31-23(27)19-15(8-13(2)3)12-33-21(19)24-18(25)11-32-22(26)14-9-16(28-4)20(30-6)17(10-14)29-5/h9-10,12-13H,7-8,11H2,1-6H3,(H,24,25). The number of carbonyl (C=O) groups is 3. The van der Waals surface area contributed by atoms with Gasteiger partial charge < -0.3 is 29.0 Å². The van der Waals surface area contributed by atoms with Gasteiger partial charge in [0.1, 0.15) is 5.00 Å². The second-order valence-corrected chi connectivity index (χ2v) is 8.20. The second-order valence-electron chi connectivity index (χ2n) is 7.32. The molecule has 2 aromatic rings. The lowest BCUT2D eigenvalue weighted by atomic mass is 10.0. The maximum absolute atomic E-state index is 12.5. The molecule has 0 atom stereocenters. The van der Waals surface area contributed by atoms with Crippen LogP contribution in [0.3, 0.4) is 0 Å². The van der Waals surface area contributed by atoms with E-state index in [0.29, 0.717) is 28.7 Å². The summed E-state index contributed by atoms with van der Waals surface area (Å²) in [4.78, 5) is 37.4. The number of thiophene rings is 1. The average molecular weight is 480 g/mol. The summed E-state index contributed by atoms with van der Waals surface area (Å²) >= 11 is 1.23. The molecule has 0 bridgehead atoms. The van der Waals surface area contributed by atoms with Gasteiger partial charge in [0.25, 0.3) is 5.91 Å². The third kappa shape index (κ3) is 6.61. The van der Waals surface area contributed by atoms with Crippen LogP contribution in [-0.2, 0) is 20.7 Å². The van der Waals surface area contributed by atoms with Crippen molar-refractivity contribution in [3.63, 3.8) is 0 Å². The number of methoxy groups -OCH3 is 3. The van der Waals surface area contributed by atoms with E-state index in [1.165, 1.54) is 44.8 Å². The Morgan fingerprint density at radius 3 is 2.12 bits per heavy atom. The fourth-order valence-electron chi connectivity index (χ4n) is 3.08. The summed E-state index contributed by atoms with van der Waals surface area (Å²) in [5.74, 6) is -0.626. The highest BCUT2D eigenvalue weighted by molar-refractivity contribution is 7.15. The first kappa shape index (κ1) is 26.0. The van der Waals surface area contributed by atoms with Crippen LogP contribution >= 0.6 is 11.3 Å². The number of nitrogens with one attached hydrogen (secondary N) is 1. The lowest BCUT2D eigenvalue weighted by molar-refractivity contribution is -0.119. The first-order valence-corrected chi connectivity index (χ1v) is 11.2. The molecule has 0 saturated heterocycles. The molecule has 0 aliphatic carbocycles. The van der Waals surface area contributed by atoms with E-state index in [0.717, 1.165) is 5.56 Å². The molecule has 0 saturated carbocycles. The van der Waals surface area contributed by atoms with Gasteiger partial charge in [0.05, 0.1) is 39.1 Å². The molecule has 9 nitrogen and oxygen atoms in total. The van der Waals surface area contributed by atoms with E-state index in [9.17, 15) is 14.4 Å². The Morgan fingerprint density at radius 1 is 0.970 bits per heavy atom. The SMILES string of the molecule is CCOC(=O)c1c(CC(C)C)csc1NC(=O)COC(=O)c1cc(OC)c(OC)c(OC)c1. The summed E-state index contributed by atoms with van der Waals surface area (Å²) in [7, 11) is 4.30. The lowest BCUT2D eigenvalue weighted by Gasteiger charge is -2.14. The number of amides is 1. The number of anilines is 1. The molecular formula is C23H29NO8S. The highest BCUT2D eigenvalue weighted by Crippen LogP contribution is 2.38. The maximum atomic E-state index is 12.5. The molecule has 0 spiro atoms. The third-order valence-corrected chi connectivity index (χ3v) is 5.41. The van der Waals surface area contributed by atoms with Gasteiger partial charge in [-0.2, -0.15) is 0 Å². The Kier molecular flexibility index (Phi) is 9.53. The van der Waals surface area contributed by atoms with Crippen LogP contribution in [0.5, 0.6) is 17.2 Å². The molecule has 0 aliphatic rings. The van der Waals surface area contributed by atoms with Gasteiger partial charge in [0, 0.05) is 0 Å². The van der Waals surface area contributed by atoms with E-state index in [2.05, 4.69) is 5.32 Å². The van der Waals surface area contributed by atoms with E-state index in [4.69, 9.17) is 23.7 Å². The van der Waals surface area contributed by atoms with Gasteiger partial charge in [-0.3, -0.25) is 4.79 Å². The molecule has 1 aromatic heterocycles. The minimum Gasteiger partial charge on any atom is -0.493 e. The highest BCUT2D eigenvalue weighted by atomic mass is 32.1. The van der Waals surface area contributed by atoms with E-state index < -0.39 is 24.5 Å². The molecule has 0 fully saturated rings. The van der Waals surface area contributed by atoms with Crippen LogP contribution in [0.15, 0.2) is 17.5 Å². The van der Waals surface area contributed by atoms with Crippen molar-refractivity contribution in [1.29, 1.82) is 0 Å². The van der Waals surface area contributed by atoms with Crippen molar-refractivity contribution in [3.05, 3.63) is 34.2 Å². The van der Waals surface area contributed by atoms with Gasteiger partial charge in [0.2, 0.25) is 5.75 Å². The number of hydrogen-bond donors (Lipinski definition) is 1. The topological polar surface area (TPSA) is 109 Å². The number of benzene rings is 1. The summed E-state index contributed by atoms with van der Waals surface area (Å²) in [6, 6.07) is 2.86. The minimum atomic E-state index is -0.748. The predicted octanol–water partition coefficient (Wildman–Crippen LogP) is 3.94. The normalized spacial score (nSPS) is 10.5. The summed E-state index contributed by atoms with van der Waals surface area (Å²) in [5, 5.41) is 4.83. The molecular weight excluding hydrogens is 450 g/mol. The molecule has 33 heavy (non-hydrogen) atoms. The smallest absolute Gasteiger partial charge is 0.341 e. The average Bonchev–Trinajstić information content (AvgIpc) is 3.17. The molecule has 0 radical (unpaired) electrons. The first-order valence-electron chi connectivity index (χ1n) is 10.3. The zero-order valence-corrected chi connectivity index (χ0v) is 20.4. The summed E-state index contributed by atoms with van der Waals surface area (Å²) in [5.41, 5.74) is 1.26. The largest absolute Gasteiger partial charge is 0.493 e. The Balaban J connectivity index is 2.12. The number of hydrogen-bond acceptors (Lipinski definition) is 9. The number of ether oxygens (including phenoxy) is 5. The van der Waals surface area contributed by atoms with Gasteiger partial charge >= 0.3 is 11.9 Å². The van der Waals surface area contributed by atoms with E-state index in [1.807, 2.05) is 19.2 Å².